The van der Waals surface area contributed by atoms with E-state index in [2.05, 4.69) is 78.2 Å². The first kappa shape index (κ1) is 43.3. The number of ether oxygens (including phenoxy) is 4. The summed E-state index contributed by atoms with van der Waals surface area (Å²) >= 11 is 0. The summed E-state index contributed by atoms with van der Waals surface area (Å²) < 4.78 is 20.1. The first-order valence-electron chi connectivity index (χ1n) is 18.4. The van der Waals surface area contributed by atoms with E-state index in [1.807, 2.05) is 39.8 Å². The SMILES string of the molecule is CO[C@H](C)C(N[C@@H](c1ncc(-c2ccc(-c3ccc(-c4cnc([C@H](NC(C(=O)OC(N)=O)[C@@H](C)OC)C(C)C)[nH]4)c(C)c3C)cc2)[nH]1)C(C)C)C(=O)OC(N)=O. The van der Waals surface area contributed by atoms with Crippen molar-refractivity contribution in [2.45, 2.75) is 91.8 Å². The fraction of sp³-hybridized carbons (Fsp3) is 0.450. The number of primary amides is 2. The zero-order chi connectivity index (χ0) is 41.4. The Labute approximate surface area is 326 Å². The molecule has 0 radical (unpaired) electrons. The van der Waals surface area contributed by atoms with Crippen LogP contribution in [0.5, 0.6) is 0 Å². The standard InChI is InChI=1S/C40H54N8O8/c1-19(2)31(47-33(23(7)53-9)37(49)55-39(41)51)35-43-17-29(45-35)26-13-11-25(12-14-26)27-15-16-28(22(6)21(27)5)30-18-44-36(46-30)32(20(3)4)48-34(24(8)54-10)38(50)56-40(42)52/h11-20,23-24,31-34,47-48H,1-10H3,(H2,41,51)(H2,42,52)(H,43,45)(H,44,46)/t23-,24-,31-,32-,33?,34?/m1/s1. The lowest BCUT2D eigenvalue weighted by molar-refractivity contribution is -0.144. The minimum atomic E-state index is -1.19. The van der Waals surface area contributed by atoms with Gasteiger partial charge in [-0.05, 0) is 67.3 Å². The molecule has 2 aromatic carbocycles. The topological polar surface area (TPSA) is 239 Å². The molecule has 0 fully saturated rings. The van der Waals surface area contributed by atoms with Crippen molar-refractivity contribution in [1.82, 2.24) is 30.6 Å². The second kappa shape index (κ2) is 18.9. The Morgan fingerprint density at radius 1 is 0.607 bits per heavy atom. The van der Waals surface area contributed by atoms with E-state index >= 15 is 0 Å². The molecule has 302 valence electrons. The van der Waals surface area contributed by atoms with Gasteiger partial charge in [0, 0.05) is 19.8 Å². The quantitative estimate of drug-likeness (QED) is 0.0586. The summed E-state index contributed by atoms with van der Waals surface area (Å²) in [4.78, 5) is 64.1. The highest BCUT2D eigenvalue weighted by Gasteiger charge is 2.34. The first-order chi connectivity index (χ1) is 26.5. The van der Waals surface area contributed by atoms with Gasteiger partial charge in [0.1, 0.15) is 23.7 Å². The number of rotatable bonds is 17. The molecule has 6 atom stereocenters. The van der Waals surface area contributed by atoms with E-state index in [-0.39, 0.29) is 11.8 Å². The predicted octanol–water partition coefficient (Wildman–Crippen LogP) is 5.37. The Hall–Kier alpha value is -5.42. The molecule has 0 aliphatic heterocycles. The zero-order valence-corrected chi connectivity index (χ0v) is 33.6. The van der Waals surface area contributed by atoms with Crippen LogP contribution in [-0.4, -0.2) is 82.6 Å². The van der Waals surface area contributed by atoms with Gasteiger partial charge in [-0.25, -0.2) is 29.1 Å². The maximum Gasteiger partial charge on any atom is 0.412 e. The molecule has 0 aliphatic rings. The van der Waals surface area contributed by atoms with Crippen molar-refractivity contribution >= 4 is 24.1 Å². The van der Waals surface area contributed by atoms with Crippen molar-refractivity contribution in [2.24, 2.45) is 23.3 Å². The number of aromatic nitrogens is 4. The number of nitrogens with zero attached hydrogens (tertiary/aromatic N) is 2. The largest absolute Gasteiger partial charge is 0.412 e. The average Bonchev–Trinajstić information content (AvgIpc) is 3.83. The number of H-pyrrole nitrogens is 2. The van der Waals surface area contributed by atoms with E-state index in [9.17, 15) is 19.2 Å². The van der Waals surface area contributed by atoms with Gasteiger partial charge in [-0.15, -0.1) is 0 Å². The van der Waals surface area contributed by atoms with E-state index in [4.69, 9.17) is 20.9 Å². The zero-order valence-electron chi connectivity index (χ0n) is 33.6. The molecule has 2 heterocycles. The van der Waals surface area contributed by atoms with Gasteiger partial charge >= 0.3 is 24.1 Å². The average molecular weight is 775 g/mol. The highest BCUT2D eigenvalue weighted by molar-refractivity contribution is 5.88. The predicted molar refractivity (Wildman–Crippen MR) is 210 cm³/mol. The number of methoxy groups -OCH3 is 2. The van der Waals surface area contributed by atoms with Gasteiger partial charge in [-0.1, -0.05) is 64.1 Å². The lowest BCUT2D eigenvalue weighted by Gasteiger charge is -2.28. The Balaban J connectivity index is 1.55. The molecular formula is C40H54N8O8. The Kier molecular flexibility index (Phi) is 14.7. The van der Waals surface area contributed by atoms with Crippen molar-refractivity contribution < 1.29 is 38.1 Å². The van der Waals surface area contributed by atoms with Crippen LogP contribution in [0.25, 0.3) is 33.6 Å². The number of hydrogen-bond acceptors (Lipinski definition) is 12. The minimum absolute atomic E-state index is 0.00230. The Morgan fingerprint density at radius 2 is 1.00 bits per heavy atom. The molecule has 56 heavy (non-hydrogen) atoms. The molecule has 0 bridgehead atoms. The lowest BCUT2D eigenvalue weighted by atomic mass is 9.92. The number of carbonyl (C=O) groups excluding carboxylic acids is 4. The van der Waals surface area contributed by atoms with Gasteiger partial charge in [-0.2, -0.15) is 0 Å². The van der Waals surface area contributed by atoms with E-state index in [1.165, 1.54) is 14.2 Å². The summed E-state index contributed by atoms with van der Waals surface area (Å²) in [6.07, 6.45) is -0.0995. The summed E-state index contributed by atoms with van der Waals surface area (Å²) in [6, 6.07) is 9.52. The summed E-state index contributed by atoms with van der Waals surface area (Å²) in [5.41, 5.74) is 17.9. The summed E-state index contributed by atoms with van der Waals surface area (Å²) in [5.74, 6) is -0.466. The fourth-order valence-electron chi connectivity index (χ4n) is 6.48. The van der Waals surface area contributed by atoms with Crippen molar-refractivity contribution in [2.75, 3.05) is 14.2 Å². The molecule has 16 heteroatoms. The van der Waals surface area contributed by atoms with Crippen LogP contribution >= 0.6 is 0 Å². The van der Waals surface area contributed by atoms with Gasteiger partial charge in [0.15, 0.2) is 0 Å². The molecule has 0 saturated carbocycles. The number of amides is 2. The van der Waals surface area contributed by atoms with Crippen LogP contribution in [0.15, 0.2) is 48.8 Å². The molecule has 4 rings (SSSR count). The number of benzene rings is 2. The Morgan fingerprint density at radius 3 is 1.43 bits per heavy atom. The summed E-state index contributed by atoms with van der Waals surface area (Å²) in [7, 11) is 2.93. The molecule has 2 amide bonds. The van der Waals surface area contributed by atoms with Gasteiger partial charge < -0.3 is 40.4 Å². The van der Waals surface area contributed by atoms with Crippen LogP contribution in [-0.2, 0) is 28.5 Å². The van der Waals surface area contributed by atoms with Crippen LogP contribution in [0.1, 0.15) is 76.4 Å². The van der Waals surface area contributed by atoms with Gasteiger partial charge in [-0.3, -0.25) is 10.6 Å². The number of aromatic amines is 2. The Bertz CT molecular complexity index is 1990. The third kappa shape index (κ3) is 10.3. The molecule has 16 nitrogen and oxygen atoms in total. The highest BCUT2D eigenvalue weighted by atomic mass is 16.6. The number of nitrogens with one attached hydrogen (secondary N) is 4. The van der Waals surface area contributed by atoms with Crippen LogP contribution in [0.2, 0.25) is 0 Å². The van der Waals surface area contributed by atoms with E-state index in [0.717, 1.165) is 44.8 Å². The molecule has 0 aliphatic carbocycles. The van der Waals surface area contributed by atoms with Crippen LogP contribution in [0, 0.1) is 25.7 Å². The van der Waals surface area contributed by atoms with Crippen LogP contribution < -0.4 is 22.1 Å². The van der Waals surface area contributed by atoms with Crippen molar-refractivity contribution in [3.63, 3.8) is 0 Å². The second-order valence-corrected chi connectivity index (χ2v) is 14.4. The number of carbonyl (C=O) groups is 4. The normalized spacial score (nSPS) is 14.9. The summed E-state index contributed by atoms with van der Waals surface area (Å²) in [6.45, 7) is 15.5. The van der Waals surface area contributed by atoms with E-state index < -0.39 is 60.5 Å². The van der Waals surface area contributed by atoms with Crippen LogP contribution in [0.4, 0.5) is 9.59 Å². The second-order valence-electron chi connectivity index (χ2n) is 14.4. The maximum absolute atomic E-state index is 12.7. The van der Waals surface area contributed by atoms with Crippen molar-refractivity contribution in [3.8, 4) is 33.6 Å². The minimum Gasteiger partial charge on any atom is -0.379 e. The molecule has 2 unspecified atom stereocenters. The van der Waals surface area contributed by atoms with Gasteiger partial charge in [0.05, 0.1) is 48.1 Å². The highest BCUT2D eigenvalue weighted by Crippen LogP contribution is 2.34. The third-order valence-electron chi connectivity index (χ3n) is 10.0. The van der Waals surface area contributed by atoms with Crippen LogP contribution in [0.3, 0.4) is 0 Å². The molecule has 2 aromatic heterocycles. The van der Waals surface area contributed by atoms with Crippen molar-refractivity contribution in [3.05, 3.63) is 71.6 Å². The molecule has 0 saturated heterocycles. The maximum atomic E-state index is 12.7. The number of nitrogens with two attached hydrogens (primary N) is 2. The van der Waals surface area contributed by atoms with Gasteiger partial charge in [0.25, 0.3) is 0 Å². The molecule has 4 aromatic rings. The number of imidazole rings is 2. The fourth-order valence-corrected chi connectivity index (χ4v) is 6.48. The number of esters is 2. The smallest absolute Gasteiger partial charge is 0.379 e. The molecule has 8 N–H and O–H groups in total. The summed E-state index contributed by atoms with van der Waals surface area (Å²) in [5, 5.41) is 6.49. The van der Waals surface area contributed by atoms with E-state index in [0.29, 0.717) is 11.6 Å². The van der Waals surface area contributed by atoms with Gasteiger partial charge in [0.2, 0.25) is 0 Å². The lowest BCUT2D eigenvalue weighted by Crippen LogP contribution is -2.50. The van der Waals surface area contributed by atoms with E-state index in [1.54, 1.807) is 26.2 Å². The number of hydrogen-bond donors (Lipinski definition) is 6. The first-order valence-corrected chi connectivity index (χ1v) is 18.4. The molecular weight excluding hydrogens is 720 g/mol. The third-order valence-corrected chi connectivity index (χ3v) is 10.0. The monoisotopic (exact) mass is 774 g/mol. The van der Waals surface area contributed by atoms with Crippen molar-refractivity contribution in [1.29, 1.82) is 0 Å². The molecule has 0 spiro atoms.